The lowest BCUT2D eigenvalue weighted by Gasteiger charge is -2.23. The summed E-state index contributed by atoms with van der Waals surface area (Å²) in [7, 11) is 0. The SMILES string of the molecule is CC1(C)c2cc(-c3c4ccccc4c(-c4cccc5ccccc45)c4ccccc34)ccc2-c2c1ccc1ccc3sc4ccccc4c3c21. The van der Waals surface area contributed by atoms with E-state index in [0.29, 0.717) is 0 Å². The van der Waals surface area contributed by atoms with Crippen LogP contribution >= 0.6 is 11.3 Å². The predicted molar refractivity (Wildman–Crippen MR) is 218 cm³/mol. The van der Waals surface area contributed by atoms with Crippen LogP contribution in [0.2, 0.25) is 0 Å². The maximum atomic E-state index is 2.51. The second-order valence-corrected chi connectivity index (χ2v) is 15.5. The summed E-state index contributed by atoms with van der Waals surface area (Å²) in [5, 5.41) is 13.2. The number of fused-ring (bicyclic) bond motifs is 12. The van der Waals surface area contributed by atoms with Crippen LogP contribution in [0.4, 0.5) is 0 Å². The third kappa shape index (κ3) is 3.71. The molecule has 0 amide bonds. The Morgan fingerprint density at radius 3 is 1.76 bits per heavy atom. The van der Waals surface area contributed by atoms with Gasteiger partial charge in [-0.1, -0.05) is 153 Å². The largest absolute Gasteiger partial charge is 0.135 e. The molecule has 9 aromatic carbocycles. The van der Waals surface area contributed by atoms with E-state index in [-0.39, 0.29) is 5.41 Å². The molecule has 1 heteroatoms. The fourth-order valence-corrected chi connectivity index (χ4v) is 10.3. The van der Waals surface area contributed by atoms with Gasteiger partial charge in [0.1, 0.15) is 0 Å². The Bertz CT molecular complexity index is 3000. The van der Waals surface area contributed by atoms with E-state index < -0.39 is 0 Å². The van der Waals surface area contributed by atoms with Crippen LogP contribution in [0.5, 0.6) is 0 Å². The topological polar surface area (TPSA) is 0 Å². The summed E-state index contributed by atoms with van der Waals surface area (Å²) >= 11 is 1.90. The highest BCUT2D eigenvalue weighted by atomic mass is 32.1. The van der Waals surface area contributed by atoms with Crippen LogP contribution in [0.25, 0.3) is 96.6 Å². The van der Waals surface area contributed by atoms with Crippen molar-refractivity contribution in [2.24, 2.45) is 0 Å². The van der Waals surface area contributed by atoms with Crippen molar-refractivity contribution >= 4 is 74.6 Å². The Hall–Kier alpha value is -5.76. The van der Waals surface area contributed by atoms with Gasteiger partial charge in [0.05, 0.1) is 0 Å². The van der Waals surface area contributed by atoms with Crippen molar-refractivity contribution in [3.05, 3.63) is 169 Å². The molecule has 0 saturated heterocycles. The summed E-state index contributed by atoms with van der Waals surface area (Å²) in [6.07, 6.45) is 0. The van der Waals surface area contributed by atoms with E-state index in [1.807, 2.05) is 11.3 Å². The molecule has 0 aliphatic heterocycles. The van der Waals surface area contributed by atoms with Crippen molar-refractivity contribution in [3.63, 3.8) is 0 Å². The maximum absolute atomic E-state index is 2.51. The first kappa shape index (κ1) is 28.1. The normalized spacial score (nSPS) is 13.6. The van der Waals surface area contributed by atoms with Gasteiger partial charge in [0, 0.05) is 25.6 Å². The summed E-state index contributed by atoms with van der Waals surface area (Å²) in [4.78, 5) is 0. The van der Waals surface area contributed by atoms with Crippen LogP contribution in [0.15, 0.2) is 158 Å². The third-order valence-electron chi connectivity index (χ3n) is 11.4. The van der Waals surface area contributed by atoms with E-state index in [9.17, 15) is 0 Å². The van der Waals surface area contributed by atoms with Gasteiger partial charge in [-0.05, 0) is 106 Å². The van der Waals surface area contributed by atoms with E-state index in [2.05, 4.69) is 172 Å². The fourth-order valence-electron chi connectivity index (χ4n) is 9.19. The zero-order valence-electron chi connectivity index (χ0n) is 27.9. The molecule has 1 aromatic heterocycles. The lowest BCUT2D eigenvalue weighted by atomic mass is 9.80. The molecule has 11 rings (SSSR count). The summed E-state index contributed by atoms with van der Waals surface area (Å²) < 4.78 is 2.71. The summed E-state index contributed by atoms with van der Waals surface area (Å²) in [5.74, 6) is 0. The van der Waals surface area contributed by atoms with Crippen LogP contribution in [0, 0.1) is 0 Å². The monoisotopic (exact) mass is 652 g/mol. The van der Waals surface area contributed by atoms with Gasteiger partial charge >= 0.3 is 0 Å². The van der Waals surface area contributed by atoms with Gasteiger partial charge in [-0.25, -0.2) is 0 Å². The zero-order chi connectivity index (χ0) is 33.1. The molecule has 50 heavy (non-hydrogen) atoms. The Morgan fingerprint density at radius 1 is 0.380 bits per heavy atom. The van der Waals surface area contributed by atoms with E-state index >= 15 is 0 Å². The first-order valence-electron chi connectivity index (χ1n) is 17.5. The molecule has 0 spiro atoms. The molecule has 1 heterocycles. The van der Waals surface area contributed by atoms with Crippen LogP contribution < -0.4 is 0 Å². The van der Waals surface area contributed by atoms with Crippen molar-refractivity contribution < 1.29 is 0 Å². The summed E-state index contributed by atoms with van der Waals surface area (Å²) in [6.45, 7) is 4.83. The molecular weight excluding hydrogens is 621 g/mol. The van der Waals surface area contributed by atoms with Crippen molar-refractivity contribution in [1.82, 2.24) is 0 Å². The molecule has 0 nitrogen and oxygen atoms in total. The summed E-state index contributed by atoms with van der Waals surface area (Å²) in [5.41, 5.74) is 10.6. The van der Waals surface area contributed by atoms with Gasteiger partial charge < -0.3 is 0 Å². The Kier molecular flexibility index (Phi) is 5.70. The molecule has 0 unspecified atom stereocenters. The highest BCUT2D eigenvalue weighted by Crippen LogP contribution is 2.55. The highest BCUT2D eigenvalue weighted by Gasteiger charge is 2.37. The lowest BCUT2D eigenvalue weighted by Crippen LogP contribution is -2.15. The molecule has 0 N–H and O–H groups in total. The second-order valence-electron chi connectivity index (χ2n) is 14.4. The van der Waals surface area contributed by atoms with Gasteiger partial charge in [0.25, 0.3) is 0 Å². The first-order chi connectivity index (χ1) is 24.6. The maximum Gasteiger partial charge on any atom is 0.0362 e. The molecule has 0 radical (unpaired) electrons. The second kappa shape index (κ2) is 10.1. The van der Waals surface area contributed by atoms with E-state index in [1.165, 1.54) is 108 Å². The Balaban J connectivity index is 1.21. The third-order valence-corrected chi connectivity index (χ3v) is 12.6. The van der Waals surface area contributed by atoms with Crippen molar-refractivity contribution in [1.29, 1.82) is 0 Å². The fraction of sp³-hybridized carbons (Fsp3) is 0.0612. The quantitative estimate of drug-likeness (QED) is 0.163. The smallest absolute Gasteiger partial charge is 0.0362 e. The van der Waals surface area contributed by atoms with E-state index in [1.54, 1.807) is 0 Å². The Labute approximate surface area is 294 Å². The van der Waals surface area contributed by atoms with E-state index in [0.717, 1.165) is 0 Å². The van der Waals surface area contributed by atoms with Gasteiger partial charge in [-0.3, -0.25) is 0 Å². The molecule has 234 valence electrons. The minimum atomic E-state index is -0.142. The number of benzene rings is 9. The predicted octanol–water partition coefficient (Wildman–Crippen LogP) is 14.3. The average molecular weight is 653 g/mol. The van der Waals surface area contributed by atoms with Gasteiger partial charge in [0.15, 0.2) is 0 Å². The minimum Gasteiger partial charge on any atom is -0.135 e. The molecule has 0 atom stereocenters. The lowest BCUT2D eigenvalue weighted by molar-refractivity contribution is 0.661. The zero-order valence-corrected chi connectivity index (χ0v) is 28.7. The van der Waals surface area contributed by atoms with Crippen LogP contribution in [0.1, 0.15) is 25.0 Å². The Morgan fingerprint density at radius 2 is 1.00 bits per heavy atom. The number of rotatable bonds is 2. The van der Waals surface area contributed by atoms with Gasteiger partial charge in [-0.2, -0.15) is 0 Å². The van der Waals surface area contributed by atoms with Crippen LogP contribution in [-0.4, -0.2) is 0 Å². The van der Waals surface area contributed by atoms with Gasteiger partial charge in [-0.15, -0.1) is 11.3 Å². The van der Waals surface area contributed by atoms with Crippen LogP contribution in [0.3, 0.4) is 0 Å². The van der Waals surface area contributed by atoms with Crippen molar-refractivity contribution in [3.8, 4) is 33.4 Å². The molecule has 10 aromatic rings. The van der Waals surface area contributed by atoms with Gasteiger partial charge in [0.2, 0.25) is 0 Å². The molecule has 1 aliphatic carbocycles. The number of hydrogen-bond donors (Lipinski definition) is 0. The minimum absolute atomic E-state index is 0.142. The summed E-state index contributed by atoms with van der Waals surface area (Å²) in [6, 6.07) is 59.2. The standard InChI is InChI=1S/C49H32S/c1-49(2)40-26-23-30-24-27-43-48(39-19-9-10-21-42(39)50-43)45(30)47(40)38-25-22-31(28-41(38)49)44-34-15-5-7-17-36(34)46(37-18-8-6-16-35(37)44)33-20-11-13-29-12-3-4-14-32(29)33/h3-28H,1-2H3. The van der Waals surface area contributed by atoms with Crippen LogP contribution in [-0.2, 0) is 5.41 Å². The number of thiophene rings is 1. The van der Waals surface area contributed by atoms with Crippen molar-refractivity contribution in [2.45, 2.75) is 19.3 Å². The molecule has 1 aliphatic rings. The first-order valence-corrected chi connectivity index (χ1v) is 18.3. The molecule has 0 saturated carbocycles. The highest BCUT2D eigenvalue weighted by molar-refractivity contribution is 7.26. The molecule has 0 fully saturated rings. The van der Waals surface area contributed by atoms with E-state index in [4.69, 9.17) is 0 Å². The molecular formula is C49H32S. The van der Waals surface area contributed by atoms with Crippen molar-refractivity contribution in [2.75, 3.05) is 0 Å². The number of hydrogen-bond acceptors (Lipinski definition) is 1. The average Bonchev–Trinajstić information content (AvgIpc) is 3.65. The molecule has 0 bridgehead atoms.